The lowest BCUT2D eigenvalue weighted by Gasteiger charge is -2.15. The van der Waals surface area contributed by atoms with Crippen molar-refractivity contribution in [2.45, 2.75) is 18.2 Å². The first-order valence-corrected chi connectivity index (χ1v) is 8.37. The van der Waals surface area contributed by atoms with E-state index in [0.29, 0.717) is 24.4 Å². The zero-order chi connectivity index (χ0) is 14.8. The first kappa shape index (κ1) is 15.3. The van der Waals surface area contributed by atoms with Crippen LogP contribution in [0, 0.1) is 5.92 Å². The lowest BCUT2D eigenvalue weighted by molar-refractivity contribution is 0.471. The van der Waals surface area contributed by atoms with Crippen molar-refractivity contribution in [1.82, 2.24) is 4.31 Å². The maximum atomic E-state index is 12.6. The van der Waals surface area contributed by atoms with Crippen LogP contribution in [0.5, 0.6) is 0 Å². The Balaban J connectivity index is 2.35. The molecule has 3 nitrogen and oxygen atoms in total. The van der Waals surface area contributed by atoms with Gasteiger partial charge in [-0.25, -0.2) is 8.42 Å². The van der Waals surface area contributed by atoms with Gasteiger partial charge in [0.1, 0.15) is 0 Å². The standard InChI is InChI=1S/C15H18ClNO2S/c1-3-12-10-17(11-14(12)15(16)4-2)20(18,19)13-8-6-5-7-9-13/h3,5-9,12H,1,4,10-11H2,2H3/b15-14-. The molecule has 0 aromatic heterocycles. The molecule has 5 heteroatoms. The minimum atomic E-state index is -3.46. The van der Waals surface area contributed by atoms with Crippen LogP contribution in [0.3, 0.4) is 0 Å². The molecule has 1 aliphatic rings. The first-order valence-electron chi connectivity index (χ1n) is 6.55. The van der Waals surface area contributed by atoms with E-state index in [1.54, 1.807) is 36.4 Å². The number of hydrogen-bond acceptors (Lipinski definition) is 2. The summed E-state index contributed by atoms with van der Waals surface area (Å²) < 4.78 is 26.6. The topological polar surface area (TPSA) is 37.4 Å². The Morgan fingerprint density at radius 3 is 2.65 bits per heavy atom. The zero-order valence-corrected chi connectivity index (χ0v) is 13.0. The van der Waals surface area contributed by atoms with Crippen LogP contribution in [0.1, 0.15) is 13.3 Å². The van der Waals surface area contributed by atoms with Crippen molar-refractivity contribution in [3.05, 3.63) is 53.6 Å². The molecule has 2 rings (SSSR count). The van der Waals surface area contributed by atoms with Crippen LogP contribution in [0.4, 0.5) is 0 Å². The molecule has 0 saturated carbocycles. The van der Waals surface area contributed by atoms with Crippen molar-refractivity contribution in [3.63, 3.8) is 0 Å². The molecular formula is C15H18ClNO2S. The molecule has 0 N–H and O–H groups in total. The summed E-state index contributed by atoms with van der Waals surface area (Å²) in [5, 5.41) is 0.737. The molecule has 0 aliphatic carbocycles. The Morgan fingerprint density at radius 1 is 1.45 bits per heavy atom. The van der Waals surface area contributed by atoms with E-state index in [2.05, 4.69) is 6.58 Å². The molecule has 20 heavy (non-hydrogen) atoms. The van der Waals surface area contributed by atoms with Crippen molar-refractivity contribution in [1.29, 1.82) is 0 Å². The van der Waals surface area contributed by atoms with Gasteiger partial charge in [-0.1, -0.05) is 42.8 Å². The number of halogens is 1. The van der Waals surface area contributed by atoms with Gasteiger partial charge >= 0.3 is 0 Å². The number of benzene rings is 1. The van der Waals surface area contributed by atoms with E-state index in [-0.39, 0.29) is 5.92 Å². The second-order valence-corrected chi connectivity index (χ2v) is 7.13. The molecule has 108 valence electrons. The first-order chi connectivity index (χ1) is 9.50. The second-order valence-electron chi connectivity index (χ2n) is 4.74. The van der Waals surface area contributed by atoms with Crippen LogP contribution >= 0.6 is 11.6 Å². The highest BCUT2D eigenvalue weighted by Crippen LogP contribution is 2.32. The summed E-state index contributed by atoms with van der Waals surface area (Å²) in [4.78, 5) is 0.316. The van der Waals surface area contributed by atoms with Crippen LogP contribution in [0.2, 0.25) is 0 Å². The molecule has 1 fully saturated rings. The van der Waals surface area contributed by atoms with Gasteiger partial charge in [0.25, 0.3) is 0 Å². The molecule has 0 amide bonds. The molecule has 1 aliphatic heterocycles. The fourth-order valence-electron chi connectivity index (χ4n) is 2.36. The number of hydrogen-bond donors (Lipinski definition) is 0. The van der Waals surface area contributed by atoms with Gasteiger partial charge in [0.05, 0.1) is 4.90 Å². The SMILES string of the molecule is C=CC1CN(S(=O)(=O)c2ccccc2)C/C1=C(/Cl)CC. The van der Waals surface area contributed by atoms with Crippen LogP contribution in [0.15, 0.2) is 58.5 Å². The third kappa shape index (κ3) is 2.82. The monoisotopic (exact) mass is 311 g/mol. The van der Waals surface area contributed by atoms with Crippen LogP contribution < -0.4 is 0 Å². The van der Waals surface area contributed by atoms with Crippen molar-refractivity contribution in [3.8, 4) is 0 Å². The molecule has 1 aromatic rings. The Labute approximate surface area is 125 Å². The van der Waals surface area contributed by atoms with Gasteiger partial charge < -0.3 is 0 Å². The quantitative estimate of drug-likeness (QED) is 0.799. The number of allylic oxidation sites excluding steroid dienone is 1. The molecule has 1 aromatic carbocycles. The van der Waals surface area contributed by atoms with Gasteiger partial charge in [-0.2, -0.15) is 4.31 Å². The lowest BCUT2D eigenvalue weighted by Crippen LogP contribution is -2.28. The van der Waals surface area contributed by atoms with Gasteiger partial charge in [-0.15, -0.1) is 6.58 Å². The summed E-state index contributed by atoms with van der Waals surface area (Å²) in [7, 11) is -3.46. The second kappa shape index (κ2) is 6.12. The predicted octanol–water partition coefficient (Wildman–Crippen LogP) is 3.40. The smallest absolute Gasteiger partial charge is 0.207 e. The average Bonchev–Trinajstić information content (AvgIpc) is 2.92. The Bertz CT molecular complexity index is 623. The van der Waals surface area contributed by atoms with Gasteiger partial charge in [-0.3, -0.25) is 0 Å². The maximum Gasteiger partial charge on any atom is 0.243 e. The van der Waals surface area contributed by atoms with Gasteiger partial charge in [0, 0.05) is 24.0 Å². The van der Waals surface area contributed by atoms with E-state index in [0.717, 1.165) is 10.6 Å². The van der Waals surface area contributed by atoms with Crippen molar-refractivity contribution in [2.24, 2.45) is 5.92 Å². The van der Waals surface area contributed by atoms with E-state index in [9.17, 15) is 8.42 Å². The highest BCUT2D eigenvalue weighted by molar-refractivity contribution is 7.89. The van der Waals surface area contributed by atoms with Crippen molar-refractivity contribution < 1.29 is 8.42 Å². The molecule has 0 radical (unpaired) electrons. The van der Waals surface area contributed by atoms with E-state index < -0.39 is 10.0 Å². The maximum absolute atomic E-state index is 12.6. The fraction of sp³-hybridized carbons (Fsp3) is 0.333. The Kier molecular flexibility index (Phi) is 4.68. The Hall–Kier alpha value is -1.10. The molecule has 0 spiro atoms. The molecular weight excluding hydrogens is 294 g/mol. The molecule has 1 unspecified atom stereocenters. The molecule has 1 atom stereocenters. The zero-order valence-electron chi connectivity index (χ0n) is 11.4. The van der Waals surface area contributed by atoms with Crippen molar-refractivity contribution >= 4 is 21.6 Å². The predicted molar refractivity (Wildman–Crippen MR) is 82.1 cm³/mol. The summed E-state index contributed by atoms with van der Waals surface area (Å²) >= 11 is 6.22. The minimum Gasteiger partial charge on any atom is -0.207 e. The third-order valence-electron chi connectivity index (χ3n) is 3.52. The number of nitrogens with zero attached hydrogens (tertiary/aromatic N) is 1. The number of rotatable bonds is 4. The largest absolute Gasteiger partial charge is 0.243 e. The van der Waals surface area contributed by atoms with Crippen molar-refractivity contribution in [2.75, 3.05) is 13.1 Å². The van der Waals surface area contributed by atoms with Gasteiger partial charge in [0.2, 0.25) is 10.0 Å². The summed E-state index contributed by atoms with van der Waals surface area (Å²) in [5.74, 6) is 0.000868. The summed E-state index contributed by atoms with van der Waals surface area (Å²) in [6, 6.07) is 8.48. The van der Waals surface area contributed by atoms with Crippen LogP contribution in [-0.4, -0.2) is 25.8 Å². The van der Waals surface area contributed by atoms with Crippen LogP contribution in [-0.2, 0) is 10.0 Å². The fourth-order valence-corrected chi connectivity index (χ4v) is 4.02. The Morgan fingerprint density at radius 2 is 2.10 bits per heavy atom. The lowest BCUT2D eigenvalue weighted by atomic mass is 10.0. The van der Waals surface area contributed by atoms with Crippen LogP contribution in [0.25, 0.3) is 0 Å². The molecule has 0 bridgehead atoms. The summed E-state index contributed by atoms with van der Waals surface area (Å²) in [6.07, 6.45) is 2.48. The average molecular weight is 312 g/mol. The highest BCUT2D eigenvalue weighted by Gasteiger charge is 2.35. The van der Waals surface area contributed by atoms with E-state index in [4.69, 9.17) is 11.6 Å². The summed E-state index contributed by atoms with van der Waals surface area (Å²) in [5.41, 5.74) is 0.962. The molecule has 1 saturated heterocycles. The summed E-state index contributed by atoms with van der Waals surface area (Å²) in [6.45, 7) is 6.50. The highest BCUT2D eigenvalue weighted by atomic mass is 35.5. The normalized spacial score (nSPS) is 22.8. The van der Waals surface area contributed by atoms with Gasteiger partial charge in [0.15, 0.2) is 0 Å². The minimum absolute atomic E-state index is 0.000868. The molecule has 1 heterocycles. The van der Waals surface area contributed by atoms with E-state index in [1.807, 2.05) is 6.92 Å². The van der Waals surface area contributed by atoms with Gasteiger partial charge in [-0.05, 0) is 24.1 Å². The van der Waals surface area contributed by atoms with E-state index >= 15 is 0 Å². The third-order valence-corrected chi connectivity index (χ3v) is 5.85. The van der Waals surface area contributed by atoms with E-state index in [1.165, 1.54) is 4.31 Å². The number of sulfonamides is 1.